The zero-order valence-electron chi connectivity index (χ0n) is 9.65. The van der Waals surface area contributed by atoms with Crippen molar-refractivity contribution in [3.63, 3.8) is 0 Å². The van der Waals surface area contributed by atoms with Crippen molar-refractivity contribution < 1.29 is 31.1 Å². The normalized spacial score (nSPS) is 19.5. The van der Waals surface area contributed by atoms with Crippen LogP contribution in [0.4, 0.5) is 26.3 Å². The monoisotopic (exact) mass is 279 g/mol. The molecule has 1 aliphatic rings. The van der Waals surface area contributed by atoms with Crippen LogP contribution in [-0.2, 0) is 4.74 Å². The first-order valence-electron chi connectivity index (χ1n) is 5.68. The first-order chi connectivity index (χ1) is 8.21. The van der Waals surface area contributed by atoms with Crippen LogP contribution in [0.3, 0.4) is 0 Å². The van der Waals surface area contributed by atoms with Crippen LogP contribution in [0.5, 0.6) is 0 Å². The van der Waals surface area contributed by atoms with Gasteiger partial charge in [0, 0.05) is 6.54 Å². The molecule has 0 aromatic heterocycles. The number of halogens is 6. The quantitative estimate of drug-likeness (QED) is 0.734. The summed E-state index contributed by atoms with van der Waals surface area (Å²) < 4.78 is 76.7. The Hall–Kier alpha value is -0.500. The molecule has 18 heavy (non-hydrogen) atoms. The van der Waals surface area contributed by atoms with Gasteiger partial charge in [0.1, 0.15) is 0 Å². The molecule has 8 heteroatoms. The number of nitrogens with zero attached hydrogens (tertiary/aromatic N) is 1. The molecule has 0 saturated carbocycles. The molecule has 1 saturated heterocycles. The topological polar surface area (TPSA) is 12.5 Å². The number of alkyl halides is 6. The Labute approximate surface area is 101 Å². The summed E-state index contributed by atoms with van der Waals surface area (Å²) in [5.41, 5.74) is 0. The summed E-state index contributed by atoms with van der Waals surface area (Å²) in [4.78, 5) is 1.81. The third-order valence-electron chi connectivity index (χ3n) is 2.74. The molecule has 0 aromatic carbocycles. The van der Waals surface area contributed by atoms with Gasteiger partial charge in [-0.25, -0.2) is 0 Å². The van der Waals surface area contributed by atoms with Crippen molar-refractivity contribution in [3.05, 3.63) is 0 Å². The summed E-state index contributed by atoms with van der Waals surface area (Å²) >= 11 is 0. The van der Waals surface area contributed by atoms with Crippen LogP contribution in [0.2, 0.25) is 0 Å². The Morgan fingerprint density at radius 3 is 1.83 bits per heavy atom. The van der Waals surface area contributed by atoms with E-state index in [2.05, 4.69) is 4.74 Å². The molecule has 0 aromatic rings. The fourth-order valence-corrected chi connectivity index (χ4v) is 1.86. The second-order valence-electron chi connectivity index (χ2n) is 4.24. The number of ether oxygens (including phenoxy) is 1. The third-order valence-corrected chi connectivity index (χ3v) is 2.74. The van der Waals surface area contributed by atoms with Crippen molar-refractivity contribution in [2.45, 2.75) is 37.7 Å². The maximum absolute atomic E-state index is 12.1. The molecule has 0 bridgehead atoms. The lowest BCUT2D eigenvalue weighted by molar-refractivity contribution is -0.322. The molecule has 0 aliphatic carbocycles. The maximum Gasteiger partial charge on any atom is 0.423 e. The number of likely N-dealkylation sites (tertiary alicyclic amines) is 1. The van der Waals surface area contributed by atoms with E-state index in [1.54, 1.807) is 0 Å². The highest BCUT2D eigenvalue weighted by Gasteiger charge is 2.57. The zero-order valence-corrected chi connectivity index (χ0v) is 9.65. The Morgan fingerprint density at radius 2 is 1.39 bits per heavy atom. The summed E-state index contributed by atoms with van der Waals surface area (Å²) in [5, 5.41) is 0. The highest BCUT2D eigenvalue weighted by Crippen LogP contribution is 2.35. The average molecular weight is 279 g/mol. The van der Waals surface area contributed by atoms with Gasteiger partial charge in [-0.15, -0.1) is 0 Å². The van der Waals surface area contributed by atoms with E-state index in [4.69, 9.17) is 0 Å². The van der Waals surface area contributed by atoms with Crippen LogP contribution >= 0.6 is 0 Å². The summed E-state index contributed by atoms with van der Waals surface area (Å²) in [7, 11) is 0. The summed E-state index contributed by atoms with van der Waals surface area (Å²) in [6.45, 7) is 0.935. The molecular formula is C10H15F6NO. The fourth-order valence-electron chi connectivity index (χ4n) is 1.86. The number of hydrogen-bond acceptors (Lipinski definition) is 2. The lowest BCUT2D eigenvalue weighted by Crippen LogP contribution is -2.45. The SMILES string of the molecule is FC(F)(F)C(OCCN1CCCCC1)C(F)(F)F. The van der Waals surface area contributed by atoms with Crippen molar-refractivity contribution in [3.8, 4) is 0 Å². The van der Waals surface area contributed by atoms with E-state index in [0.29, 0.717) is 13.1 Å². The van der Waals surface area contributed by atoms with E-state index >= 15 is 0 Å². The van der Waals surface area contributed by atoms with Gasteiger partial charge in [-0.3, -0.25) is 0 Å². The van der Waals surface area contributed by atoms with E-state index in [-0.39, 0.29) is 6.54 Å². The second-order valence-corrected chi connectivity index (χ2v) is 4.24. The van der Waals surface area contributed by atoms with Gasteiger partial charge in [0.15, 0.2) is 0 Å². The van der Waals surface area contributed by atoms with Crippen LogP contribution in [0, 0.1) is 0 Å². The molecule has 1 rings (SSSR count). The molecule has 108 valence electrons. The minimum absolute atomic E-state index is 0.0999. The number of rotatable bonds is 4. The zero-order chi connectivity index (χ0) is 13.8. The Bertz CT molecular complexity index is 232. The number of piperidine rings is 1. The highest BCUT2D eigenvalue weighted by atomic mass is 19.4. The van der Waals surface area contributed by atoms with E-state index in [9.17, 15) is 26.3 Å². The second kappa shape index (κ2) is 6.10. The lowest BCUT2D eigenvalue weighted by Gasteiger charge is -2.28. The number of hydrogen-bond donors (Lipinski definition) is 0. The predicted molar refractivity (Wildman–Crippen MR) is 52.1 cm³/mol. The van der Waals surface area contributed by atoms with Crippen LogP contribution in [0.25, 0.3) is 0 Å². The molecule has 1 heterocycles. The lowest BCUT2D eigenvalue weighted by atomic mass is 10.1. The average Bonchev–Trinajstić information content (AvgIpc) is 2.22. The molecule has 0 spiro atoms. The molecule has 2 nitrogen and oxygen atoms in total. The van der Waals surface area contributed by atoms with Gasteiger partial charge in [0.25, 0.3) is 0 Å². The van der Waals surface area contributed by atoms with Crippen LogP contribution in [0.15, 0.2) is 0 Å². The van der Waals surface area contributed by atoms with Gasteiger partial charge in [0.2, 0.25) is 6.10 Å². The van der Waals surface area contributed by atoms with Crippen molar-refractivity contribution in [2.75, 3.05) is 26.2 Å². The molecule has 0 radical (unpaired) electrons. The Balaban J connectivity index is 2.38. The largest absolute Gasteiger partial charge is 0.423 e. The van der Waals surface area contributed by atoms with E-state index in [1.165, 1.54) is 0 Å². The molecule has 1 aliphatic heterocycles. The molecule has 0 atom stereocenters. The van der Waals surface area contributed by atoms with Gasteiger partial charge in [-0.2, -0.15) is 26.3 Å². The van der Waals surface area contributed by atoms with E-state index in [0.717, 1.165) is 19.3 Å². The summed E-state index contributed by atoms with van der Waals surface area (Å²) in [6.07, 6.45) is -11.6. The fraction of sp³-hybridized carbons (Fsp3) is 1.00. The van der Waals surface area contributed by atoms with E-state index < -0.39 is 25.1 Å². The van der Waals surface area contributed by atoms with Crippen molar-refractivity contribution in [2.24, 2.45) is 0 Å². The molecule has 0 unspecified atom stereocenters. The minimum atomic E-state index is -5.42. The summed E-state index contributed by atoms with van der Waals surface area (Å²) in [6, 6.07) is 0. The third kappa shape index (κ3) is 5.01. The van der Waals surface area contributed by atoms with Gasteiger partial charge in [0.05, 0.1) is 6.61 Å². The van der Waals surface area contributed by atoms with Crippen molar-refractivity contribution in [1.29, 1.82) is 0 Å². The van der Waals surface area contributed by atoms with Gasteiger partial charge in [-0.05, 0) is 25.9 Å². The first-order valence-corrected chi connectivity index (χ1v) is 5.68. The molecular weight excluding hydrogens is 264 g/mol. The van der Waals surface area contributed by atoms with Crippen molar-refractivity contribution >= 4 is 0 Å². The first kappa shape index (κ1) is 15.6. The highest BCUT2D eigenvalue weighted by molar-refractivity contribution is 4.76. The van der Waals surface area contributed by atoms with Gasteiger partial charge in [-0.1, -0.05) is 6.42 Å². The smallest absolute Gasteiger partial charge is 0.360 e. The van der Waals surface area contributed by atoms with Gasteiger partial charge >= 0.3 is 12.4 Å². The standard InChI is InChI=1S/C10H15F6NO/c11-9(12,13)8(10(14,15)16)18-7-6-17-4-2-1-3-5-17/h8H,1-7H2. The predicted octanol–water partition coefficient (Wildman–Crippen LogP) is 2.98. The van der Waals surface area contributed by atoms with Gasteiger partial charge < -0.3 is 9.64 Å². The van der Waals surface area contributed by atoms with Crippen molar-refractivity contribution in [1.82, 2.24) is 4.90 Å². The van der Waals surface area contributed by atoms with Crippen LogP contribution < -0.4 is 0 Å². The molecule has 1 fully saturated rings. The van der Waals surface area contributed by atoms with E-state index in [1.807, 2.05) is 4.90 Å². The Kier molecular flexibility index (Phi) is 5.27. The molecule has 0 N–H and O–H groups in total. The van der Waals surface area contributed by atoms with Crippen LogP contribution in [-0.4, -0.2) is 49.6 Å². The Morgan fingerprint density at radius 1 is 0.889 bits per heavy atom. The van der Waals surface area contributed by atoms with Crippen LogP contribution in [0.1, 0.15) is 19.3 Å². The maximum atomic E-state index is 12.1. The molecule has 0 amide bonds. The summed E-state index contributed by atoms with van der Waals surface area (Å²) in [5.74, 6) is 0. The minimum Gasteiger partial charge on any atom is -0.360 e.